The molecule has 0 fully saturated rings. The van der Waals surface area contributed by atoms with Crippen molar-refractivity contribution in [1.82, 2.24) is 4.57 Å². The van der Waals surface area contributed by atoms with E-state index in [1.807, 2.05) is 7.05 Å². The molecule has 0 saturated carbocycles. The van der Waals surface area contributed by atoms with Crippen LogP contribution in [0.15, 0.2) is 18.7 Å². The number of aryl methyl sites for hydroxylation is 2. The molecule has 1 rings (SSSR count). The van der Waals surface area contributed by atoms with Crippen LogP contribution in [0, 0.1) is 0 Å². The van der Waals surface area contributed by atoms with Crippen LogP contribution in [-0.4, -0.2) is 4.57 Å². The van der Waals surface area contributed by atoms with E-state index in [-0.39, 0.29) is 0 Å². The molecular weight excluding hydrogens is 154 g/mol. The Labute approximate surface area is 71.7 Å². The Morgan fingerprint density at radius 3 is 2.42 bits per heavy atom. The third kappa shape index (κ3) is 4.35. The van der Waals surface area contributed by atoms with Crippen molar-refractivity contribution >= 4 is 0 Å². The van der Waals surface area contributed by atoms with Gasteiger partial charge in [0.1, 0.15) is 12.4 Å². The lowest BCUT2D eigenvalue weighted by atomic mass is 10.5. The van der Waals surface area contributed by atoms with Gasteiger partial charge < -0.3 is 11.1 Å². The molecule has 0 atom stereocenters. The Morgan fingerprint density at radius 2 is 2.08 bits per heavy atom. The summed E-state index contributed by atoms with van der Waals surface area (Å²) in [5, 5.41) is 0. The highest BCUT2D eigenvalue weighted by Crippen LogP contribution is 1.85. The lowest BCUT2D eigenvalue weighted by molar-refractivity contribution is -0.671. The van der Waals surface area contributed by atoms with Gasteiger partial charge in [-0.05, 0) is 6.42 Å². The zero-order chi connectivity index (χ0) is 9.40. The SMILES string of the molecule is CCCn1cc[n+](C)c1.[N-]=[N+]=[N-]. The van der Waals surface area contributed by atoms with Crippen molar-refractivity contribution in [3.63, 3.8) is 0 Å². The van der Waals surface area contributed by atoms with Crippen molar-refractivity contribution in [1.29, 1.82) is 0 Å². The topological polar surface area (TPSA) is 67.5 Å². The summed E-state index contributed by atoms with van der Waals surface area (Å²) >= 11 is 0. The number of imidazole rings is 1. The van der Waals surface area contributed by atoms with E-state index in [1.54, 1.807) is 0 Å². The van der Waals surface area contributed by atoms with Gasteiger partial charge in [-0.15, -0.1) is 0 Å². The number of hydrogen-bond donors (Lipinski definition) is 0. The van der Waals surface area contributed by atoms with Crippen LogP contribution in [-0.2, 0) is 13.6 Å². The molecule has 0 N–H and O–H groups in total. The molecule has 0 spiro atoms. The van der Waals surface area contributed by atoms with E-state index in [0.717, 1.165) is 6.54 Å². The van der Waals surface area contributed by atoms with Gasteiger partial charge in [0.25, 0.3) is 0 Å². The fourth-order valence-corrected chi connectivity index (χ4v) is 0.892. The third-order valence-corrected chi connectivity index (χ3v) is 1.31. The van der Waals surface area contributed by atoms with E-state index < -0.39 is 0 Å². The number of nitrogens with zero attached hydrogens (tertiary/aromatic N) is 5. The van der Waals surface area contributed by atoms with Gasteiger partial charge in [0.05, 0.1) is 13.6 Å². The van der Waals surface area contributed by atoms with E-state index in [9.17, 15) is 0 Å². The number of aromatic nitrogens is 2. The van der Waals surface area contributed by atoms with Gasteiger partial charge >= 0.3 is 0 Å². The van der Waals surface area contributed by atoms with Crippen LogP contribution in [0.25, 0.3) is 16.0 Å². The molecule has 5 heteroatoms. The summed E-state index contributed by atoms with van der Waals surface area (Å²) in [5.41, 5.74) is 13.5. The van der Waals surface area contributed by atoms with Crippen molar-refractivity contribution in [3.05, 3.63) is 34.7 Å². The molecule has 0 saturated heterocycles. The Hall–Kier alpha value is -1.48. The van der Waals surface area contributed by atoms with Gasteiger partial charge in [0.2, 0.25) is 6.33 Å². The van der Waals surface area contributed by atoms with E-state index >= 15 is 0 Å². The maximum atomic E-state index is 6.75. The van der Waals surface area contributed by atoms with Crippen molar-refractivity contribution < 1.29 is 4.57 Å². The van der Waals surface area contributed by atoms with Gasteiger partial charge in [-0.1, -0.05) is 6.92 Å². The van der Waals surface area contributed by atoms with Gasteiger partial charge in [0.15, 0.2) is 0 Å². The largest absolute Gasteiger partial charge is 0.373 e. The molecular formula is C7H13N5. The van der Waals surface area contributed by atoms with Crippen molar-refractivity contribution in [2.45, 2.75) is 19.9 Å². The molecule has 0 aromatic carbocycles. The molecule has 0 aliphatic heterocycles. The Morgan fingerprint density at radius 1 is 1.50 bits per heavy atom. The highest BCUT2D eigenvalue weighted by atomic mass is 15.1. The van der Waals surface area contributed by atoms with E-state index in [0.29, 0.717) is 0 Å². The number of hydrogen-bond acceptors (Lipinski definition) is 0. The molecule has 0 aliphatic carbocycles. The number of rotatable bonds is 2. The van der Waals surface area contributed by atoms with Gasteiger partial charge in [0, 0.05) is 0 Å². The minimum absolute atomic E-state index is 1.13. The minimum Gasteiger partial charge on any atom is -0.373 e. The molecule has 1 heterocycles. The fourth-order valence-electron chi connectivity index (χ4n) is 0.892. The summed E-state index contributed by atoms with van der Waals surface area (Å²) in [5.74, 6) is 0. The van der Waals surface area contributed by atoms with Crippen LogP contribution in [0.2, 0.25) is 0 Å². The Bertz CT molecular complexity index is 246. The van der Waals surface area contributed by atoms with Crippen molar-refractivity contribution in [3.8, 4) is 0 Å². The predicted octanol–water partition coefficient (Wildman–Crippen LogP) is 1.59. The fraction of sp³-hybridized carbons (Fsp3) is 0.571. The van der Waals surface area contributed by atoms with Crippen molar-refractivity contribution in [2.24, 2.45) is 7.05 Å². The Kier molecular flexibility index (Phi) is 5.47. The summed E-state index contributed by atoms with van der Waals surface area (Å²) in [6.45, 7) is 3.31. The van der Waals surface area contributed by atoms with Crippen LogP contribution in [0.1, 0.15) is 13.3 Å². The van der Waals surface area contributed by atoms with Crippen LogP contribution in [0.4, 0.5) is 0 Å². The first-order valence-electron chi connectivity index (χ1n) is 3.74. The first-order chi connectivity index (χ1) is 5.74. The average Bonchev–Trinajstić information content (AvgIpc) is 2.38. The second kappa shape index (κ2) is 6.24. The molecule has 0 bridgehead atoms. The summed E-state index contributed by atoms with van der Waals surface area (Å²) in [6, 6.07) is 0. The normalized spacial score (nSPS) is 8.17. The monoisotopic (exact) mass is 167 g/mol. The van der Waals surface area contributed by atoms with E-state index in [4.69, 9.17) is 11.1 Å². The average molecular weight is 167 g/mol. The van der Waals surface area contributed by atoms with E-state index in [2.05, 4.69) is 34.8 Å². The molecule has 1 aromatic heterocycles. The second-order valence-corrected chi connectivity index (χ2v) is 2.41. The van der Waals surface area contributed by atoms with Crippen LogP contribution < -0.4 is 4.57 Å². The van der Waals surface area contributed by atoms with Crippen LogP contribution in [0.5, 0.6) is 0 Å². The maximum absolute atomic E-state index is 6.75. The van der Waals surface area contributed by atoms with Gasteiger partial charge in [-0.3, -0.25) is 4.91 Å². The molecule has 0 aliphatic rings. The van der Waals surface area contributed by atoms with Crippen LogP contribution >= 0.6 is 0 Å². The molecule has 0 unspecified atom stereocenters. The molecule has 0 amide bonds. The van der Waals surface area contributed by atoms with Crippen molar-refractivity contribution in [2.75, 3.05) is 0 Å². The minimum atomic E-state index is 1.13. The quantitative estimate of drug-likeness (QED) is 0.278. The maximum Gasteiger partial charge on any atom is 0.243 e. The highest BCUT2D eigenvalue weighted by molar-refractivity contribution is 4.64. The summed E-state index contributed by atoms with van der Waals surface area (Å²) in [7, 11) is 2.03. The molecule has 5 nitrogen and oxygen atoms in total. The molecule has 66 valence electrons. The predicted molar refractivity (Wildman–Crippen MR) is 46.0 cm³/mol. The zero-order valence-corrected chi connectivity index (χ0v) is 7.38. The lowest BCUT2D eigenvalue weighted by Crippen LogP contribution is -2.23. The molecule has 12 heavy (non-hydrogen) atoms. The third-order valence-electron chi connectivity index (χ3n) is 1.31. The smallest absolute Gasteiger partial charge is 0.243 e. The summed E-state index contributed by atoms with van der Waals surface area (Å²) < 4.78 is 4.23. The standard InChI is InChI=1S/C7H13N2.N3/c1-3-4-9-6-5-8(2)7-9;1-3-2/h5-7H,3-4H2,1-2H3;/q+1;-1. The lowest BCUT2D eigenvalue weighted by Gasteiger charge is -1.86. The highest BCUT2D eigenvalue weighted by Gasteiger charge is 1.94. The van der Waals surface area contributed by atoms with Gasteiger partial charge in [-0.25, -0.2) is 9.13 Å². The summed E-state index contributed by atoms with van der Waals surface area (Å²) in [6.07, 6.45) is 7.43. The van der Waals surface area contributed by atoms with Crippen LogP contribution in [0.3, 0.4) is 0 Å². The molecule has 0 radical (unpaired) electrons. The van der Waals surface area contributed by atoms with E-state index in [1.165, 1.54) is 11.3 Å². The first-order valence-corrected chi connectivity index (χ1v) is 3.74. The Balaban J connectivity index is 0.000000354. The molecule has 1 aromatic rings. The summed E-state index contributed by atoms with van der Waals surface area (Å²) in [4.78, 5) is 1.50. The second-order valence-electron chi connectivity index (χ2n) is 2.41. The zero-order valence-electron chi connectivity index (χ0n) is 7.38. The van der Waals surface area contributed by atoms with Gasteiger partial charge in [-0.2, -0.15) is 0 Å². The first kappa shape index (κ1) is 10.5.